The number of rotatable bonds is 7. The molecule has 0 aliphatic rings. The van der Waals surface area contributed by atoms with Crippen LogP contribution in [-0.4, -0.2) is 28.8 Å². The van der Waals surface area contributed by atoms with E-state index in [1.807, 2.05) is 6.92 Å². The molecule has 0 aromatic rings. The average molecular weight is 208 g/mol. The van der Waals surface area contributed by atoms with E-state index in [2.05, 4.69) is 0 Å². The van der Waals surface area contributed by atoms with Gasteiger partial charge in [0.15, 0.2) is 0 Å². The normalized spacial score (nSPS) is 14.9. The predicted octanol–water partition coefficient (Wildman–Crippen LogP) is 2.11. The molecular weight excluding hydrogens is 190 g/mol. The van der Waals surface area contributed by atoms with Crippen molar-refractivity contribution in [1.29, 1.82) is 0 Å². The van der Waals surface area contributed by atoms with Crippen molar-refractivity contribution in [2.45, 2.75) is 44.6 Å². The van der Waals surface area contributed by atoms with Crippen LogP contribution in [-0.2, 0) is 0 Å². The van der Waals surface area contributed by atoms with Crippen molar-refractivity contribution in [3.63, 3.8) is 0 Å². The fraction of sp³-hybridized carbons (Fsp3) is 0.800. The highest BCUT2D eigenvalue weighted by Crippen LogP contribution is 2.20. The van der Waals surface area contributed by atoms with Crippen LogP contribution in [0.5, 0.6) is 0 Å². The smallest absolute Gasteiger partial charge is 0.294 e. The van der Waals surface area contributed by atoms with Gasteiger partial charge in [0, 0.05) is 0 Å². The van der Waals surface area contributed by atoms with E-state index in [1.54, 1.807) is 0 Å². The minimum Gasteiger partial charge on any atom is -0.393 e. The number of halogens is 2. The first-order valence-electron chi connectivity index (χ1n) is 4.89. The van der Waals surface area contributed by atoms with Gasteiger partial charge < -0.3 is 10.2 Å². The first-order chi connectivity index (χ1) is 6.54. The Labute approximate surface area is 83.3 Å². The molecule has 1 atom stereocenters. The number of unbranched alkanes of at least 4 members (excludes halogenated alkanes) is 3. The minimum atomic E-state index is -3.32. The first-order valence-corrected chi connectivity index (χ1v) is 4.89. The SMILES string of the molecule is CCCCC/C=C\C(F)(F)[C@@H](O)CO. The summed E-state index contributed by atoms with van der Waals surface area (Å²) in [7, 11) is 0. The van der Waals surface area contributed by atoms with Crippen LogP contribution in [0, 0.1) is 0 Å². The van der Waals surface area contributed by atoms with E-state index < -0.39 is 18.6 Å². The third-order valence-electron chi connectivity index (χ3n) is 1.93. The molecule has 0 saturated heterocycles. The first kappa shape index (κ1) is 13.5. The Kier molecular flexibility index (Phi) is 6.66. The maximum Gasteiger partial charge on any atom is 0.294 e. The Morgan fingerprint density at radius 3 is 2.50 bits per heavy atom. The molecule has 2 nitrogen and oxygen atoms in total. The molecule has 0 aromatic heterocycles. The van der Waals surface area contributed by atoms with Crippen LogP contribution in [0.15, 0.2) is 12.2 Å². The Bertz CT molecular complexity index is 170. The molecule has 4 heteroatoms. The van der Waals surface area contributed by atoms with Crippen molar-refractivity contribution in [1.82, 2.24) is 0 Å². The van der Waals surface area contributed by atoms with Gasteiger partial charge in [-0.15, -0.1) is 0 Å². The van der Waals surface area contributed by atoms with Gasteiger partial charge in [-0.3, -0.25) is 0 Å². The Morgan fingerprint density at radius 2 is 2.00 bits per heavy atom. The maximum atomic E-state index is 12.8. The summed E-state index contributed by atoms with van der Waals surface area (Å²) in [5.74, 6) is -3.32. The number of hydrogen-bond donors (Lipinski definition) is 2. The van der Waals surface area contributed by atoms with Gasteiger partial charge in [-0.05, 0) is 18.9 Å². The molecular formula is C10H18F2O2. The lowest BCUT2D eigenvalue weighted by Gasteiger charge is -2.16. The zero-order valence-corrected chi connectivity index (χ0v) is 8.42. The van der Waals surface area contributed by atoms with Gasteiger partial charge in [-0.25, -0.2) is 0 Å². The summed E-state index contributed by atoms with van der Waals surface area (Å²) in [6, 6.07) is 0. The van der Waals surface area contributed by atoms with Gasteiger partial charge in [-0.1, -0.05) is 25.8 Å². The van der Waals surface area contributed by atoms with Gasteiger partial charge in [0.05, 0.1) is 6.61 Å². The lowest BCUT2D eigenvalue weighted by Crippen LogP contribution is -2.34. The quantitative estimate of drug-likeness (QED) is 0.497. The molecule has 0 bridgehead atoms. The largest absolute Gasteiger partial charge is 0.393 e. The van der Waals surface area contributed by atoms with Crippen molar-refractivity contribution in [2.24, 2.45) is 0 Å². The van der Waals surface area contributed by atoms with Gasteiger partial charge >= 0.3 is 0 Å². The van der Waals surface area contributed by atoms with E-state index in [0.717, 1.165) is 19.3 Å². The van der Waals surface area contributed by atoms with Crippen LogP contribution in [0.4, 0.5) is 8.78 Å². The predicted molar refractivity (Wildman–Crippen MR) is 51.3 cm³/mol. The third-order valence-corrected chi connectivity index (χ3v) is 1.93. The Hall–Kier alpha value is -0.480. The second-order valence-corrected chi connectivity index (χ2v) is 3.27. The van der Waals surface area contributed by atoms with E-state index in [4.69, 9.17) is 10.2 Å². The van der Waals surface area contributed by atoms with Crippen LogP contribution in [0.3, 0.4) is 0 Å². The van der Waals surface area contributed by atoms with E-state index in [9.17, 15) is 8.78 Å². The van der Waals surface area contributed by atoms with Crippen molar-refractivity contribution in [2.75, 3.05) is 6.61 Å². The lowest BCUT2D eigenvalue weighted by atomic mass is 10.1. The minimum absolute atomic E-state index is 0.585. The van der Waals surface area contributed by atoms with Crippen molar-refractivity contribution in [3.05, 3.63) is 12.2 Å². The summed E-state index contributed by atoms with van der Waals surface area (Å²) in [5.41, 5.74) is 0. The second-order valence-electron chi connectivity index (χ2n) is 3.27. The van der Waals surface area contributed by atoms with Crippen molar-refractivity contribution < 1.29 is 19.0 Å². The van der Waals surface area contributed by atoms with E-state index in [1.165, 1.54) is 6.08 Å². The highest BCUT2D eigenvalue weighted by atomic mass is 19.3. The Balaban J connectivity index is 3.83. The fourth-order valence-electron chi connectivity index (χ4n) is 0.985. The van der Waals surface area contributed by atoms with E-state index in [0.29, 0.717) is 12.5 Å². The zero-order valence-electron chi connectivity index (χ0n) is 8.42. The summed E-state index contributed by atoms with van der Waals surface area (Å²) in [6.45, 7) is 1.11. The highest BCUT2D eigenvalue weighted by molar-refractivity contribution is 4.98. The lowest BCUT2D eigenvalue weighted by molar-refractivity contribution is -0.0900. The zero-order chi connectivity index (χ0) is 11.0. The van der Waals surface area contributed by atoms with E-state index >= 15 is 0 Å². The summed E-state index contributed by atoms with van der Waals surface area (Å²) in [6.07, 6.45) is 3.55. The number of aliphatic hydroxyl groups is 2. The summed E-state index contributed by atoms with van der Waals surface area (Å²) in [4.78, 5) is 0. The molecule has 0 unspecified atom stereocenters. The van der Waals surface area contributed by atoms with Gasteiger partial charge in [0.2, 0.25) is 0 Å². The van der Waals surface area contributed by atoms with Crippen molar-refractivity contribution >= 4 is 0 Å². The molecule has 0 saturated carbocycles. The molecule has 0 aliphatic carbocycles. The molecule has 2 N–H and O–H groups in total. The molecule has 0 radical (unpaired) electrons. The number of alkyl halides is 2. The number of allylic oxidation sites excluding steroid dienone is 1. The van der Waals surface area contributed by atoms with Crippen molar-refractivity contribution in [3.8, 4) is 0 Å². The number of aliphatic hydroxyl groups excluding tert-OH is 2. The third kappa shape index (κ3) is 5.29. The Morgan fingerprint density at radius 1 is 1.36 bits per heavy atom. The molecule has 0 heterocycles. The second kappa shape index (κ2) is 6.90. The molecule has 0 fully saturated rings. The summed E-state index contributed by atoms with van der Waals surface area (Å²) < 4.78 is 25.7. The van der Waals surface area contributed by atoms with Gasteiger partial charge in [0.25, 0.3) is 5.92 Å². The molecule has 0 aromatic carbocycles. The van der Waals surface area contributed by atoms with Crippen LogP contribution in [0.1, 0.15) is 32.6 Å². The molecule has 84 valence electrons. The van der Waals surface area contributed by atoms with Crippen LogP contribution in [0.25, 0.3) is 0 Å². The monoisotopic (exact) mass is 208 g/mol. The topological polar surface area (TPSA) is 40.5 Å². The highest BCUT2D eigenvalue weighted by Gasteiger charge is 2.34. The standard InChI is InChI=1S/C10H18F2O2/c1-2-3-4-5-6-7-10(11,12)9(14)8-13/h6-7,9,13-14H,2-5,8H2,1H3/b7-6-/t9-/m0/s1. The molecule has 14 heavy (non-hydrogen) atoms. The van der Waals surface area contributed by atoms with Gasteiger partial charge in [0.1, 0.15) is 6.10 Å². The van der Waals surface area contributed by atoms with Crippen LogP contribution >= 0.6 is 0 Å². The maximum absolute atomic E-state index is 12.8. The molecule has 0 aliphatic heterocycles. The summed E-state index contributed by atoms with van der Waals surface area (Å²) in [5, 5.41) is 17.1. The molecule has 0 spiro atoms. The van der Waals surface area contributed by atoms with E-state index in [-0.39, 0.29) is 0 Å². The molecule has 0 rings (SSSR count). The average Bonchev–Trinajstić information content (AvgIpc) is 2.16. The van der Waals surface area contributed by atoms with Crippen LogP contribution in [0.2, 0.25) is 0 Å². The summed E-state index contributed by atoms with van der Waals surface area (Å²) >= 11 is 0. The van der Waals surface area contributed by atoms with Gasteiger partial charge in [-0.2, -0.15) is 8.78 Å². The van der Waals surface area contributed by atoms with Crippen LogP contribution < -0.4 is 0 Å². The number of hydrogen-bond acceptors (Lipinski definition) is 2. The fourth-order valence-corrected chi connectivity index (χ4v) is 0.985. The molecule has 0 amide bonds.